The maximum atomic E-state index is 14.4. The van der Waals surface area contributed by atoms with Crippen molar-refractivity contribution in [3.63, 3.8) is 0 Å². The van der Waals surface area contributed by atoms with Crippen molar-refractivity contribution < 1.29 is 4.79 Å². The Bertz CT molecular complexity index is 1390. The normalized spacial score (nSPS) is 20.4. The molecule has 0 aromatic heterocycles. The van der Waals surface area contributed by atoms with E-state index in [9.17, 15) is 4.79 Å². The number of hydrogen-bond donors (Lipinski definition) is 0. The SMILES string of the molecule is O=C1N(c2ccccc2)N=C(c2ccccc2)[C@]12Cc1ccccc1/C2=C/c1ccccc1. The van der Waals surface area contributed by atoms with Crippen LogP contribution in [0.15, 0.2) is 120 Å². The lowest BCUT2D eigenvalue weighted by molar-refractivity contribution is -0.121. The molecule has 1 heterocycles. The van der Waals surface area contributed by atoms with Gasteiger partial charge in [0.2, 0.25) is 0 Å². The number of carbonyl (C=O) groups excluding carboxylic acids is 1. The summed E-state index contributed by atoms with van der Waals surface area (Å²) in [5.41, 5.74) is 6.04. The van der Waals surface area contributed by atoms with Gasteiger partial charge in [0, 0.05) is 0 Å². The Balaban J connectivity index is 1.62. The van der Waals surface area contributed by atoms with E-state index < -0.39 is 5.41 Å². The molecule has 0 unspecified atom stereocenters. The molecule has 2 aliphatic rings. The second-order valence-electron chi connectivity index (χ2n) is 8.48. The van der Waals surface area contributed by atoms with Crippen molar-refractivity contribution in [1.82, 2.24) is 0 Å². The molecule has 0 radical (unpaired) electrons. The van der Waals surface area contributed by atoms with Gasteiger partial charge >= 0.3 is 0 Å². The van der Waals surface area contributed by atoms with Crippen LogP contribution in [0.3, 0.4) is 0 Å². The van der Waals surface area contributed by atoms with E-state index in [1.165, 1.54) is 5.56 Å². The largest absolute Gasteiger partial charge is 0.271 e. The number of benzene rings is 4. The van der Waals surface area contributed by atoms with Gasteiger partial charge in [-0.3, -0.25) is 4.79 Å². The molecule has 6 rings (SSSR count). The van der Waals surface area contributed by atoms with Crippen LogP contribution >= 0.6 is 0 Å². The lowest BCUT2D eigenvalue weighted by atomic mass is 9.73. The number of nitrogens with zero attached hydrogens (tertiary/aromatic N) is 2. The van der Waals surface area contributed by atoms with Crippen LogP contribution in [0.2, 0.25) is 0 Å². The molecule has 1 amide bonds. The zero-order valence-corrected chi connectivity index (χ0v) is 18.1. The number of anilines is 1. The van der Waals surface area contributed by atoms with Gasteiger partial charge in [-0.1, -0.05) is 103 Å². The van der Waals surface area contributed by atoms with E-state index in [1.54, 1.807) is 5.01 Å². The Morgan fingerprint density at radius 2 is 1.33 bits per heavy atom. The Labute approximate surface area is 193 Å². The molecule has 1 spiro atoms. The fourth-order valence-electron chi connectivity index (χ4n) is 5.02. The van der Waals surface area contributed by atoms with Gasteiger partial charge in [-0.15, -0.1) is 0 Å². The number of amides is 1. The van der Waals surface area contributed by atoms with Gasteiger partial charge < -0.3 is 0 Å². The minimum absolute atomic E-state index is 0.00839. The Morgan fingerprint density at radius 3 is 2.06 bits per heavy atom. The van der Waals surface area contributed by atoms with Crippen LogP contribution in [0.4, 0.5) is 5.69 Å². The minimum Gasteiger partial charge on any atom is -0.271 e. The highest BCUT2D eigenvalue weighted by molar-refractivity contribution is 6.33. The number of hydrogen-bond acceptors (Lipinski definition) is 2. The van der Waals surface area contributed by atoms with Gasteiger partial charge in [-0.05, 0) is 52.5 Å². The molecule has 4 aromatic carbocycles. The van der Waals surface area contributed by atoms with E-state index >= 15 is 0 Å². The smallest absolute Gasteiger partial charge is 0.264 e. The van der Waals surface area contributed by atoms with Crippen molar-refractivity contribution in [2.45, 2.75) is 6.42 Å². The molecule has 3 heteroatoms. The zero-order valence-electron chi connectivity index (χ0n) is 18.1. The first-order chi connectivity index (χ1) is 16.3. The molecule has 0 fully saturated rings. The van der Waals surface area contributed by atoms with Crippen molar-refractivity contribution in [1.29, 1.82) is 0 Å². The second kappa shape index (κ2) is 7.72. The lowest BCUT2D eigenvalue weighted by Gasteiger charge is -2.27. The number of hydrazone groups is 1. The summed E-state index contributed by atoms with van der Waals surface area (Å²) in [6.45, 7) is 0. The Kier molecular flexibility index (Phi) is 4.55. The number of para-hydroxylation sites is 1. The number of carbonyl (C=O) groups is 1. The van der Waals surface area contributed by atoms with Gasteiger partial charge in [-0.25, -0.2) is 0 Å². The van der Waals surface area contributed by atoms with Crippen molar-refractivity contribution >= 4 is 29.0 Å². The predicted octanol–water partition coefficient (Wildman–Crippen LogP) is 6.22. The summed E-state index contributed by atoms with van der Waals surface area (Å²) in [5, 5.41) is 6.57. The van der Waals surface area contributed by atoms with E-state index in [0.717, 1.165) is 33.7 Å². The van der Waals surface area contributed by atoms with E-state index in [-0.39, 0.29) is 5.91 Å². The van der Waals surface area contributed by atoms with E-state index in [4.69, 9.17) is 5.10 Å². The summed E-state index contributed by atoms with van der Waals surface area (Å²) in [5.74, 6) is -0.00839. The summed E-state index contributed by atoms with van der Waals surface area (Å²) in [7, 11) is 0. The van der Waals surface area contributed by atoms with E-state index in [2.05, 4.69) is 30.3 Å². The Hall–Kier alpha value is -4.24. The molecule has 3 nitrogen and oxygen atoms in total. The van der Waals surface area contributed by atoms with Gasteiger partial charge in [0.15, 0.2) is 0 Å². The van der Waals surface area contributed by atoms with Gasteiger partial charge in [0.1, 0.15) is 5.41 Å². The van der Waals surface area contributed by atoms with Crippen molar-refractivity contribution in [2.75, 3.05) is 5.01 Å². The molecular weight excluding hydrogens is 404 g/mol. The quantitative estimate of drug-likeness (QED) is 0.383. The maximum absolute atomic E-state index is 14.4. The first-order valence-electron chi connectivity index (χ1n) is 11.2. The first kappa shape index (κ1) is 19.4. The molecule has 0 saturated heterocycles. The summed E-state index contributed by atoms with van der Waals surface area (Å²) in [6, 6.07) is 38.4. The molecule has 1 aliphatic heterocycles. The maximum Gasteiger partial charge on any atom is 0.264 e. The van der Waals surface area contributed by atoms with E-state index in [0.29, 0.717) is 6.42 Å². The monoisotopic (exact) mass is 426 g/mol. The van der Waals surface area contributed by atoms with Crippen LogP contribution in [-0.4, -0.2) is 11.6 Å². The lowest BCUT2D eigenvalue weighted by Crippen LogP contribution is -2.40. The van der Waals surface area contributed by atoms with Crippen molar-refractivity contribution in [2.24, 2.45) is 10.5 Å². The fraction of sp³-hybridized carbons (Fsp3) is 0.0667. The topological polar surface area (TPSA) is 32.7 Å². The molecule has 0 bridgehead atoms. The first-order valence-corrected chi connectivity index (χ1v) is 11.2. The minimum atomic E-state index is -0.878. The summed E-state index contributed by atoms with van der Waals surface area (Å²) >= 11 is 0. The third kappa shape index (κ3) is 3.05. The van der Waals surface area contributed by atoms with Crippen LogP contribution in [0.1, 0.15) is 22.3 Å². The molecule has 0 saturated carbocycles. The van der Waals surface area contributed by atoms with Crippen LogP contribution in [0.5, 0.6) is 0 Å². The van der Waals surface area contributed by atoms with Gasteiger partial charge in [-0.2, -0.15) is 10.1 Å². The fourth-order valence-corrected chi connectivity index (χ4v) is 5.02. The third-order valence-electron chi connectivity index (χ3n) is 6.54. The molecule has 1 aliphatic carbocycles. The van der Waals surface area contributed by atoms with Crippen LogP contribution in [0, 0.1) is 5.41 Å². The summed E-state index contributed by atoms with van der Waals surface area (Å²) < 4.78 is 0. The molecule has 1 atom stereocenters. The number of fused-ring (bicyclic) bond motifs is 1. The second-order valence-corrected chi connectivity index (χ2v) is 8.48. The highest BCUT2D eigenvalue weighted by atomic mass is 16.2. The van der Waals surface area contributed by atoms with Gasteiger partial charge in [0.05, 0.1) is 11.4 Å². The van der Waals surface area contributed by atoms with E-state index in [1.807, 2.05) is 91.0 Å². The molecule has 0 N–H and O–H groups in total. The van der Waals surface area contributed by atoms with Crippen LogP contribution in [0.25, 0.3) is 11.6 Å². The van der Waals surface area contributed by atoms with Crippen molar-refractivity contribution in [3.8, 4) is 0 Å². The highest BCUT2D eigenvalue weighted by Crippen LogP contribution is 2.53. The molecule has 158 valence electrons. The predicted molar refractivity (Wildman–Crippen MR) is 134 cm³/mol. The average molecular weight is 427 g/mol. The van der Waals surface area contributed by atoms with Crippen molar-refractivity contribution in [3.05, 3.63) is 138 Å². The average Bonchev–Trinajstić information content (AvgIpc) is 3.36. The molecule has 33 heavy (non-hydrogen) atoms. The van der Waals surface area contributed by atoms with Gasteiger partial charge in [0.25, 0.3) is 5.91 Å². The molecule has 4 aromatic rings. The summed E-state index contributed by atoms with van der Waals surface area (Å²) in [6.07, 6.45) is 2.76. The molecular formula is C30H22N2O. The highest BCUT2D eigenvalue weighted by Gasteiger charge is 2.57. The van der Waals surface area contributed by atoms with Crippen LogP contribution in [-0.2, 0) is 11.2 Å². The summed E-state index contributed by atoms with van der Waals surface area (Å²) in [4.78, 5) is 14.4. The van der Waals surface area contributed by atoms with Crippen LogP contribution < -0.4 is 5.01 Å². The standard InChI is InChI=1S/C30H22N2O/c33-29-30(21-24-16-10-11-19-26(24)27(30)20-22-12-4-1-5-13-22)28(23-14-6-2-7-15-23)31-32(29)25-17-8-3-9-18-25/h1-20H,21H2/b27-20-/t30-/m1/s1. The zero-order chi connectivity index (χ0) is 22.3. The number of rotatable bonds is 3. The Morgan fingerprint density at radius 1 is 0.727 bits per heavy atom. The third-order valence-corrected chi connectivity index (χ3v) is 6.54.